The van der Waals surface area contributed by atoms with Gasteiger partial charge in [0.15, 0.2) is 0 Å². The third kappa shape index (κ3) is 45.2. The Kier molecular flexibility index (Phi) is 44.5. The van der Waals surface area contributed by atoms with Gasteiger partial charge in [-0.05, 0) is 12.8 Å². The molecule has 0 aliphatic heterocycles. The van der Waals surface area contributed by atoms with Crippen LogP contribution in [-0.2, 0) is 14.3 Å². The van der Waals surface area contributed by atoms with Crippen molar-refractivity contribution in [2.24, 2.45) is 0 Å². The average Bonchev–Trinajstić information content (AvgIpc) is 3.12. The molecule has 0 aromatic carbocycles. The highest BCUT2D eigenvalue weighted by atomic mass is 16.6. The number of carbonyl (C=O) groups is 2. The van der Waals surface area contributed by atoms with E-state index in [1.165, 1.54) is 244 Å². The Hall–Kier alpha value is -0.860. The summed E-state index contributed by atoms with van der Waals surface area (Å²) >= 11 is 0. The first-order valence-electron chi connectivity index (χ1n) is 23.9. The molecule has 3 nitrogen and oxygen atoms in total. The van der Waals surface area contributed by atoms with Gasteiger partial charge in [-0.2, -0.15) is 0 Å². The summed E-state index contributed by atoms with van der Waals surface area (Å²) in [6, 6.07) is 0. The normalized spacial score (nSPS) is 11.4. The minimum absolute atomic E-state index is 0.318. The van der Waals surface area contributed by atoms with Crippen LogP contribution >= 0.6 is 0 Å². The van der Waals surface area contributed by atoms with Gasteiger partial charge in [0.1, 0.15) is 0 Å². The summed E-state index contributed by atoms with van der Waals surface area (Å²) in [4.78, 5) is 24.1. The summed E-state index contributed by atoms with van der Waals surface area (Å²) in [5, 5.41) is 0. The van der Waals surface area contributed by atoms with Gasteiger partial charge >= 0.3 is 11.9 Å². The van der Waals surface area contributed by atoms with Crippen molar-refractivity contribution in [1.82, 2.24) is 0 Å². The molecule has 0 unspecified atom stereocenters. The molecule has 0 spiro atoms. The molecule has 0 N–H and O–H groups in total. The standard InChI is InChI=1S/C48H94O3/c1-3-5-7-9-11-13-15-17-19-21-23-24-25-26-28-30-32-34-36-38-40-42-44-46-48(50)51-47(49)45-43-41-39-37-35-33-31-29-27-22-20-18-16-14-12-10-8-6-4-2/h3-46H2,1-2H3. The van der Waals surface area contributed by atoms with Gasteiger partial charge in [-0.1, -0.05) is 271 Å². The lowest BCUT2D eigenvalue weighted by atomic mass is 10.0. The SMILES string of the molecule is CCCCCCCCCCCCCCCCCCCCCCCCCC(=O)OC(=O)CCCCCCCCCCCCCCCCCCCCC. The highest BCUT2D eigenvalue weighted by Gasteiger charge is 2.10. The molecule has 0 aromatic rings. The van der Waals surface area contributed by atoms with Crippen LogP contribution in [0.25, 0.3) is 0 Å². The molecule has 0 radical (unpaired) electrons. The molecule has 0 rings (SSSR count). The molecular formula is C48H94O3. The van der Waals surface area contributed by atoms with Crippen LogP contribution in [0.2, 0.25) is 0 Å². The highest BCUT2D eigenvalue weighted by molar-refractivity contribution is 5.85. The van der Waals surface area contributed by atoms with E-state index in [0.29, 0.717) is 12.8 Å². The summed E-state index contributed by atoms with van der Waals surface area (Å²) in [5.41, 5.74) is 0. The molecule has 0 amide bonds. The van der Waals surface area contributed by atoms with Crippen LogP contribution < -0.4 is 0 Å². The fourth-order valence-electron chi connectivity index (χ4n) is 7.63. The van der Waals surface area contributed by atoms with E-state index in [1.807, 2.05) is 0 Å². The number of carbonyl (C=O) groups excluding carboxylic acids is 2. The van der Waals surface area contributed by atoms with Crippen molar-refractivity contribution >= 4 is 11.9 Å². The number of esters is 2. The predicted octanol–water partition coefficient (Wildman–Crippen LogP) is 17.3. The van der Waals surface area contributed by atoms with Crippen LogP contribution in [0, 0.1) is 0 Å². The topological polar surface area (TPSA) is 43.4 Å². The first-order chi connectivity index (χ1) is 25.2. The maximum atomic E-state index is 12.0. The molecule has 0 saturated heterocycles. The van der Waals surface area contributed by atoms with E-state index in [2.05, 4.69) is 13.8 Å². The van der Waals surface area contributed by atoms with Crippen LogP contribution in [0.3, 0.4) is 0 Å². The van der Waals surface area contributed by atoms with Crippen LogP contribution in [0.1, 0.15) is 296 Å². The molecule has 0 aliphatic rings. The number of unbranched alkanes of at least 4 members (excludes halogenated alkanes) is 40. The van der Waals surface area contributed by atoms with E-state index in [-0.39, 0.29) is 11.9 Å². The zero-order valence-corrected chi connectivity index (χ0v) is 35.3. The van der Waals surface area contributed by atoms with Crippen LogP contribution in [0.15, 0.2) is 0 Å². The molecular weight excluding hydrogens is 625 g/mol. The Labute approximate surface area is 321 Å². The lowest BCUT2D eigenvalue weighted by Crippen LogP contribution is -2.11. The molecule has 0 heterocycles. The average molecular weight is 719 g/mol. The zero-order valence-electron chi connectivity index (χ0n) is 35.3. The van der Waals surface area contributed by atoms with Gasteiger partial charge in [-0.3, -0.25) is 9.59 Å². The molecule has 304 valence electrons. The van der Waals surface area contributed by atoms with Crippen molar-refractivity contribution in [3.05, 3.63) is 0 Å². The number of hydrogen-bond acceptors (Lipinski definition) is 3. The summed E-state index contributed by atoms with van der Waals surface area (Å²) in [6.45, 7) is 4.59. The number of rotatable bonds is 44. The fraction of sp³-hybridized carbons (Fsp3) is 0.958. The first-order valence-corrected chi connectivity index (χ1v) is 23.9. The van der Waals surface area contributed by atoms with Crippen LogP contribution in [-0.4, -0.2) is 11.9 Å². The smallest absolute Gasteiger partial charge is 0.313 e. The monoisotopic (exact) mass is 719 g/mol. The summed E-state index contributed by atoms with van der Waals surface area (Å²) in [5.74, 6) is -0.637. The van der Waals surface area contributed by atoms with Gasteiger partial charge in [-0.15, -0.1) is 0 Å². The third-order valence-electron chi connectivity index (χ3n) is 11.2. The zero-order chi connectivity index (χ0) is 37.0. The van der Waals surface area contributed by atoms with Gasteiger partial charge in [0.25, 0.3) is 0 Å². The van der Waals surface area contributed by atoms with E-state index in [9.17, 15) is 9.59 Å². The minimum atomic E-state index is -0.318. The largest absolute Gasteiger partial charge is 0.393 e. The predicted molar refractivity (Wildman–Crippen MR) is 226 cm³/mol. The van der Waals surface area contributed by atoms with E-state index in [1.54, 1.807) is 0 Å². The van der Waals surface area contributed by atoms with E-state index >= 15 is 0 Å². The molecule has 0 saturated carbocycles. The van der Waals surface area contributed by atoms with Crippen molar-refractivity contribution in [1.29, 1.82) is 0 Å². The molecule has 0 bridgehead atoms. The maximum absolute atomic E-state index is 12.0. The number of ether oxygens (including phenoxy) is 1. The van der Waals surface area contributed by atoms with Crippen molar-refractivity contribution < 1.29 is 14.3 Å². The molecule has 0 fully saturated rings. The lowest BCUT2D eigenvalue weighted by Gasteiger charge is -2.05. The van der Waals surface area contributed by atoms with E-state index < -0.39 is 0 Å². The highest BCUT2D eigenvalue weighted by Crippen LogP contribution is 2.17. The van der Waals surface area contributed by atoms with E-state index in [0.717, 1.165) is 25.7 Å². The van der Waals surface area contributed by atoms with Crippen molar-refractivity contribution in [3.8, 4) is 0 Å². The molecule has 0 atom stereocenters. The fourth-order valence-corrected chi connectivity index (χ4v) is 7.63. The Morgan fingerprint density at radius 2 is 0.373 bits per heavy atom. The molecule has 0 aliphatic carbocycles. The first kappa shape index (κ1) is 50.1. The summed E-state index contributed by atoms with van der Waals surface area (Å²) < 4.78 is 5.06. The lowest BCUT2D eigenvalue weighted by molar-refractivity contribution is -0.159. The summed E-state index contributed by atoms with van der Waals surface area (Å²) in [6.07, 6.45) is 57.8. The van der Waals surface area contributed by atoms with Crippen LogP contribution in [0.5, 0.6) is 0 Å². The second kappa shape index (κ2) is 45.3. The van der Waals surface area contributed by atoms with Crippen LogP contribution in [0.4, 0.5) is 0 Å². The third-order valence-corrected chi connectivity index (χ3v) is 11.2. The van der Waals surface area contributed by atoms with Crippen molar-refractivity contribution in [2.75, 3.05) is 0 Å². The molecule has 0 aromatic heterocycles. The van der Waals surface area contributed by atoms with Gasteiger partial charge < -0.3 is 4.74 Å². The Morgan fingerprint density at radius 3 is 0.529 bits per heavy atom. The van der Waals surface area contributed by atoms with Gasteiger partial charge in [0.2, 0.25) is 0 Å². The Bertz CT molecular complexity index is 673. The minimum Gasteiger partial charge on any atom is -0.393 e. The second-order valence-corrected chi connectivity index (χ2v) is 16.5. The Morgan fingerprint density at radius 1 is 0.235 bits per heavy atom. The van der Waals surface area contributed by atoms with Crippen molar-refractivity contribution in [3.63, 3.8) is 0 Å². The maximum Gasteiger partial charge on any atom is 0.313 e. The van der Waals surface area contributed by atoms with Crippen molar-refractivity contribution in [2.45, 2.75) is 296 Å². The quantitative estimate of drug-likeness (QED) is 0.0358. The van der Waals surface area contributed by atoms with E-state index in [4.69, 9.17) is 4.74 Å². The van der Waals surface area contributed by atoms with Gasteiger partial charge in [-0.25, -0.2) is 0 Å². The van der Waals surface area contributed by atoms with Gasteiger partial charge in [0.05, 0.1) is 0 Å². The number of hydrogen-bond donors (Lipinski definition) is 0. The molecule has 51 heavy (non-hydrogen) atoms. The second-order valence-electron chi connectivity index (χ2n) is 16.5. The van der Waals surface area contributed by atoms with Gasteiger partial charge in [0, 0.05) is 12.8 Å². The molecule has 3 heteroatoms. The summed E-state index contributed by atoms with van der Waals surface area (Å²) in [7, 11) is 0. The Balaban J connectivity index is 3.24.